The molecule has 0 saturated carbocycles. The van der Waals surface area contributed by atoms with Crippen LogP contribution < -0.4 is 10.6 Å². The molecule has 3 heteroatoms. The van der Waals surface area contributed by atoms with Crippen molar-refractivity contribution in [3.05, 3.63) is 42.5 Å². The van der Waals surface area contributed by atoms with E-state index in [-0.39, 0.29) is 11.9 Å². The van der Waals surface area contributed by atoms with E-state index < -0.39 is 0 Å². The molecule has 0 spiro atoms. The molecule has 1 atom stereocenters. The Hall–Kier alpha value is -1.61. The molecule has 1 rings (SSSR count). The highest BCUT2D eigenvalue weighted by Crippen LogP contribution is 2.08. The zero-order valence-corrected chi connectivity index (χ0v) is 10.5. The van der Waals surface area contributed by atoms with Gasteiger partial charge >= 0.3 is 0 Å². The summed E-state index contributed by atoms with van der Waals surface area (Å²) in [5, 5.41) is 6.00. The quantitative estimate of drug-likeness (QED) is 0.584. The van der Waals surface area contributed by atoms with E-state index in [1.807, 2.05) is 44.2 Å². The van der Waals surface area contributed by atoms with E-state index in [0.717, 1.165) is 18.7 Å². The van der Waals surface area contributed by atoms with Crippen LogP contribution in [-0.4, -0.2) is 18.5 Å². The molecular formula is C14H20N2O. The van der Waals surface area contributed by atoms with Crippen molar-refractivity contribution in [3.8, 4) is 0 Å². The number of anilines is 1. The van der Waals surface area contributed by atoms with E-state index in [2.05, 4.69) is 17.2 Å². The molecule has 0 bridgehead atoms. The fraction of sp³-hybridized carbons (Fsp3) is 0.357. The maximum atomic E-state index is 11.8. The first-order valence-electron chi connectivity index (χ1n) is 5.85. The molecule has 0 aliphatic carbocycles. The van der Waals surface area contributed by atoms with Gasteiger partial charge in [0, 0.05) is 5.69 Å². The van der Waals surface area contributed by atoms with Gasteiger partial charge in [0.15, 0.2) is 0 Å². The number of aryl methyl sites for hydroxylation is 1. The van der Waals surface area contributed by atoms with Gasteiger partial charge < -0.3 is 10.6 Å². The van der Waals surface area contributed by atoms with Gasteiger partial charge in [-0.25, -0.2) is 0 Å². The Morgan fingerprint density at radius 2 is 2.06 bits per heavy atom. The first kappa shape index (κ1) is 13.5. The minimum atomic E-state index is -0.198. The molecular weight excluding hydrogens is 212 g/mol. The van der Waals surface area contributed by atoms with Crippen molar-refractivity contribution < 1.29 is 4.79 Å². The van der Waals surface area contributed by atoms with Crippen molar-refractivity contribution in [2.45, 2.75) is 26.3 Å². The predicted octanol–water partition coefficient (Wildman–Crippen LogP) is 2.49. The van der Waals surface area contributed by atoms with Gasteiger partial charge in [-0.2, -0.15) is 0 Å². The highest BCUT2D eigenvalue weighted by atomic mass is 16.2. The van der Waals surface area contributed by atoms with Gasteiger partial charge in [-0.05, 0) is 38.9 Å². The van der Waals surface area contributed by atoms with Gasteiger partial charge in [-0.15, -0.1) is 6.58 Å². The number of carbonyl (C=O) groups is 1. The summed E-state index contributed by atoms with van der Waals surface area (Å²) in [6, 6.07) is 7.57. The fourth-order valence-electron chi connectivity index (χ4n) is 1.38. The number of rotatable bonds is 6. The lowest BCUT2D eigenvalue weighted by Gasteiger charge is -2.13. The van der Waals surface area contributed by atoms with Crippen molar-refractivity contribution in [2.75, 3.05) is 11.9 Å². The summed E-state index contributed by atoms with van der Waals surface area (Å²) in [6.07, 6.45) is 2.69. The second kappa shape index (κ2) is 6.86. The first-order valence-corrected chi connectivity index (χ1v) is 5.85. The third-order valence-electron chi connectivity index (χ3n) is 2.51. The standard InChI is InChI=1S/C14H20N2O/c1-4-5-10-15-12(3)14(17)16-13-8-6-11(2)7-9-13/h4,6-9,12,15H,1,5,10H2,2-3H3,(H,16,17). The molecule has 0 radical (unpaired) electrons. The Bertz CT molecular complexity index is 370. The van der Waals surface area contributed by atoms with E-state index in [4.69, 9.17) is 0 Å². The van der Waals surface area contributed by atoms with Gasteiger partial charge in [-0.3, -0.25) is 4.79 Å². The predicted molar refractivity (Wildman–Crippen MR) is 72.1 cm³/mol. The summed E-state index contributed by atoms with van der Waals surface area (Å²) in [6.45, 7) is 8.28. The molecule has 0 heterocycles. The molecule has 3 nitrogen and oxygen atoms in total. The molecule has 0 aromatic heterocycles. The van der Waals surface area contributed by atoms with Crippen molar-refractivity contribution >= 4 is 11.6 Å². The highest BCUT2D eigenvalue weighted by molar-refractivity contribution is 5.94. The molecule has 92 valence electrons. The minimum absolute atomic E-state index is 0.0158. The Kier molecular flexibility index (Phi) is 5.43. The van der Waals surface area contributed by atoms with E-state index >= 15 is 0 Å². The van der Waals surface area contributed by atoms with Crippen molar-refractivity contribution in [1.29, 1.82) is 0 Å². The summed E-state index contributed by atoms with van der Waals surface area (Å²) < 4.78 is 0. The van der Waals surface area contributed by atoms with Crippen LogP contribution in [0.3, 0.4) is 0 Å². The lowest BCUT2D eigenvalue weighted by Crippen LogP contribution is -2.38. The van der Waals surface area contributed by atoms with Crippen LogP contribution in [0.4, 0.5) is 5.69 Å². The van der Waals surface area contributed by atoms with Gasteiger partial charge in [0.1, 0.15) is 0 Å². The molecule has 0 aliphatic heterocycles. The molecule has 1 aromatic rings. The number of amides is 1. The van der Waals surface area contributed by atoms with Crippen LogP contribution in [0.5, 0.6) is 0 Å². The van der Waals surface area contributed by atoms with E-state index in [1.165, 1.54) is 5.56 Å². The Morgan fingerprint density at radius 1 is 1.41 bits per heavy atom. The number of nitrogens with one attached hydrogen (secondary N) is 2. The summed E-state index contributed by atoms with van der Waals surface area (Å²) in [4.78, 5) is 11.8. The van der Waals surface area contributed by atoms with Crippen LogP contribution >= 0.6 is 0 Å². The lowest BCUT2D eigenvalue weighted by molar-refractivity contribution is -0.117. The minimum Gasteiger partial charge on any atom is -0.325 e. The normalized spacial score (nSPS) is 11.9. The number of hydrogen-bond acceptors (Lipinski definition) is 2. The van der Waals surface area contributed by atoms with E-state index in [1.54, 1.807) is 0 Å². The summed E-state index contributed by atoms with van der Waals surface area (Å²) in [5.41, 5.74) is 2.01. The average Bonchev–Trinajstić information content (AvgIpc) is 2.32. The molecule has 1 unspecified atom stereocenters. The highest BCUT2D eigenvalue weighted by Gasteiger charge is 2.11. The fourth-order valence-corrected chi connectivity index (χ4v) is 1.38. The third kappa shape index (κ3) is 4.83. The van der Waals surface area contributed by atoms with Gasteiger partial charge in [0.25, 0.3) is 0 Å². The molecule has 2 N–H and O–H groups in total. The molecule has 0 saturated heterocycles. The number of carbonyl (C=O) groups excluding carboxylic acids is 1. The van der Waals surface area contributed by atoms with Crippen molar-refractivity contribution in [2.24, 2.45) is 0 Å². The molecule has 1 aromatic carbocycles. The molecule has 17 heavy (non-hydrogen) atoms. The van der Waals surface area contributed by atoms with Crippen LogP contribution in [-0.2, 0) is 4.79 Å². The number of benzene rings is 1. The SMILES string of the molecule is C=CCCNC(C)C(=O)Nc1ccc(C)cc1. The molecule has 0 aliphatic rings. The second-order valence-corrected chi connectivity index (χ2v) is 4.11. The zero-order valence-electron chi connectivity index (χ0n) is 10.5. The summed E-state index contributed by atoms with van der Waals surface area (Å²) in [5.74, 6) is -0.0158. The van der Waals surface area contributed by atoms with Crippen LogP contribution in [0.2, 0.25) is 0 Å². The Balaban J connectivity index is 2.42. The monoisotopic (exact) mass is 232 g/mol. The topological polar surface area (TPSA) is 41.1 Å². The summed E-state index contributed by atoms with van der Waals surface area (Å²) in [7, 11) is 0. The van der Waals surface area contributed by atoms with Crippen LogP contribution in [0.1, 0.15) is 18.9 Å². The smallest absolute Gasteiger partial charge is 0.241 e. The first-order chi connectivity index (χ1) is 8.13. The van der Waals surface area contributed by atoms with Gasteiger partial charge in [-0.1, -0.05) is 23.8 Å². The second-order valence-electron chi connectivity index (χ2n) is 4.11. The maximum Gasteiger partial charge on any atom is 0.241 e. The largest absolute Gasteiger partial charge is 0.325 e. The van der Waals surface area contributed by atoms with Gasteiger partial charge in [0.2, 0.25) is 5.91 Å². The van der Waals surface area contributed by atoms with Crippen LogP contribution in [0.25, 0.3) is 0 Å². The lowest BCUT2D eigenvalue weighted by atomic mass is 10.2. The van der Waals surface area contributed by atoms with Gasteiger partial charge in [0.05, 0.1) is 6.04 Å². The number of hydrogen-bond donors (Lipinski definition) is 2. The zero-order chi connectivity index (χ0) is 12.7. The van der Waals surface area contributed by atoms with Crippen molar-refractivity contribution in [3.63, 3.8) is 0 Å². The van der Waals surface area contributed by atoms with E-state index in [0.29, 0.717) is 0 Å². The molecule has 1 amide bonds. The van der Waals surface area contributed by atoms with E-state index in [9.17, 15) is 4.79 Å². The van der Waals surface area contributed by atoms with Crippen LogP contribution in [0, 0.1) is 6.92 Å². The third-order valence-corrected chi connectivity index (χ3v) is 2.51. The molecule has 0 fully saturated rings. The van der Waals surface area contributed by atoms with Crippen LogP contribution in [0.15, 0.2) is 36.9 Å². The Morgan fingerprint density at radius 3 is 2.65 bits per heavy atom. The maximum absolute atomic E-state index is 11.8. The van der Waals surface area contributed by atoms with Crippen molar-refractivity contribution in [1.82, 2.24) is 5.32 Å². The summed E-state index contributed by atoms with van der Waals surface area (Å²) >= 11 is 0. The average molecular weight is 232 g/mol. The Labute approximate surface area is 103 Å².